The average Bonchev–Trinajstić information content (AvgIpc) is 2.67. The van der Waals surface area contributed by atoms with E-state index in [-0.39, 0.29) is 12.1 Å². The monoisotopic (exact) mass is 385 g/mol. The smallest absolute Gasteiger partial charge is 0.255 e. The zero-order chi connectivity index (χ0) is 19.4. The highest BCUT2D eigenvalue weighted by molar-refractivity contribution is 7.89. The highest BCUT2D eigenvalue weighted by atomic mass is 32.2. The van der Waals surface area contributed by atoms with Crippen LogP contribution in [0.25, 0.3) is 10.9 Å². The SMILES string of the molecule is C=CCNS(=O)(=O)c1cc(C(=O)Nc2cccc3cccnc23)ccc1F. The molecule has 2 aromatic carbocycles. The first-order valence-corrected chi connectivity index (χ1v) is 9.46. The van der Waals surface area contributed by atoms with E-state index in [2.05, 4.69) is 21.6 Å². The van der Waals surface area contributed by atoms with Gasteiger partial charge in [-0.1, -0.05) is 24.3 Å². The first kappa shape index (κ1) is 18.7. The highest BCUT2D eigenvalue weighted by Gasteiger charge is 2.21. The molecule has 0 fully saturated rings. The number of amides is 1. The van der Waals surface area contributed by atoms with Gasteiger partial charge in [0.05, 0.1) is 11.2 Å². The van der Waals surface area contributed by atoms with Crippen LogP contribution in [0, 0.1) is 5.82 Å². The number of sulfonamides is 1. The molecule has 1 amide bonds. The normalized spacial score (nSPS) is 11.3. The average molecular weight is 385 g/mol. The third kappa shape index (κ3) is 4.02. The number of carbonyl (C=O) groups excluding carboxylic acids is 1. The second-order valence-electron chi connectivity index (χ2n) is 5.62. The van der Waals surface area contributed by atoms with Crippen molar-refractivity contribution in [3.8, 4) is 0 Å². The highest BCUT2D eigenvalue weighted by Crippen LogP contribution is 2.22. The Labute approximate surface area is 155 Å². The van der Waals surface area contributed by atoms with Gasteiger partial charge in [-0.25, -0.2) is 17.5 Å². The van der Waals surface area contributed by atoms with Gasteiger partial charge in [-0.3, -0.25) is 9.78 Å². The number of fused-ring (bicyclic) bond motifs is 1. The standard InChI is InChI=1S/C19H16FN3O3S/c1-2-10-22-27(25,26)17-12-14(8-9-15(17)20)19(24)23-16-7-3-5-13-6-4-11-21-18(13)16/h2-9,11-12,22H,1,10H2,(H,23,24). The number of carbonyl (C=O) groups is 1. The molecule has 6 nitrogen and oxygen atoms in total. The van der Waals surface area contributed by atoms with Crippen molar-refractivity contribution in [2.24, 2.45) is 0 Å². The lowest BCUT2D eigenvalue weighted by Crippen LogP contribution is -2.25. The van der Waals surface area contributed by atoms with Crippen molar-refractivity contribution in [1.82, 2.24) is 9.71 Å². The Kier molecular flexibility index (Phi) is 5.29. The number of hydrogen-bond donors (Lipinski definition) is 2. The Morgan fingerprint density at radius 1 is 1.19 bits per heavy atom. The molecule has 0 aliphatic heterocycles. The molecule has 3 aromatic rings. The minimum Gasteiger partial charge on any atom is -0.320 e. The Morgan fingerprint density at radius 3 is 2.74 bits per heavy atom. The maximum Gasteiger partial charge on any atom is 0.255 e. The van der Waals surface area contributed by atoms with Crippen molar-refractivity contribution in [2.75, 3.05) is 11.9 Å². The van der Waals surface area contributed by atoms with E-state index in [1.807, 2.05) is 12.1 Å². The lowest BCUT2D eigenvalue weighted by Gasteiger charge is -2.10. The maximum absolute atomic E-state index is 14.0. The Hall–Kier alpha value is -3.10. The van der Waals surface area contributed by atoms with E-state index in [1.165, 1.54) is 12.1 Å². The molecule has 0 saturated heterocycles. The van der Waals surface area contributed by atoms with Crippen LogP contribution >= 0.6 is 0 Å². The van der Waals surface area contributed by atoms with Gasteiger partial charge in [-0.15, -0.1) is 6.58 Å². The fourth-order valence-corrected chi connectivity index (χ4v) is 3.60. The molecule has 0 aliphatic rings. The van der Waals surface area contributed by atoms with Gasteiger partial charge in [-0.05, 0) is 30.3 Å². The van der Waals surface area contributed by atoms with Crippen molar-refractivity contribution in [3.05, 3.63) is 78.8 Å². The van der Waals surface area contributed by atoms with E-state index in [0.29, 0.717) is 11.2 Å². The number of nitrogens with one attached hydrogen (secondary N) is 2. The number of hydrogen-bond acceptors (Lipinski definition) is 4. The summed E-state index contributed by atoms with van der Waals surface area (Å²) in [7, 11) is -4.11. The van der Waals surface area contributed by atoms with Crippen LogP contribution in [0.5, 0.6) is 0 Å². The maximum atomic E-state index is 14.0. The fraction of sp³-hybridized carbons (Fsp3) is 0.0526. The molecule has 2 N–H and O–H groups in total. The van der Waals surface area contributed by atoms with E-state index < -0.39 is 26.6 Å². The number of benzene rings is 2. The van der Waals surface area contributed by atoms with Gasteiger partial charge in [0.15, 0.2) is 0 Å². The van der Waals surface area contributed by atoms with E-state index in [9.17, 15) is 17.6 Å². The number of nitrogens with zero attached hydrogens (tertiary/aromatic N) is 1. The molecule has 0 bridgehead atoms. The summed E-state index contributed by atoms with van der Waals surface area (Å²) in [4.78, 5) is 16.2. The van der Waals surface area contributed by atoms with Crippen molar-refractivity contribution >= 4 is 32.5 Å². The largest absolute Gasteiger partial charge is 0.320 e. The molecule has 0 saturated carbocycles. The van der Waals surface area contributed by atoms with Gasteiger partial charge in [0.2, 0.25) is 10.0 Å². The van der Waals surface area contributed by atoms with E-state index in [1.54, 1.807) is 24.4 Å². The van der Waals surface area contributed by atoms with Crippen LogP contribution in [0.1, 0.15) is 10.4 Å². The third-order valence-corrected chi connectivity index (χ3v) is 5.22. The van der Waals surface area contributed by atoms with Gasteiger partial charge in [0.1, 0.15) is 10.7 Å². The molecule has 0 aliphatic carbocycles. The molecular formula is C19H16FN3O3S. The fourth-order valence-electron chi connectivity index (χ4n) is 2.50. The van der Waals surface area contributed by atoms with Gasteiger partial charge in [-0.2, -0.15) is 0 Å². The molecule has 0 radical (unpaired) electrons. The summed E-state index contributed by atoms with van der Waals surface area (Å²) in [6.45, 7) is 3.35. The van der Waals surface area contributed by atoms with Crippen LogP contribution in [-0.4, -0.2) is 25.9 Å². The van der Waals surface area contributed by atoms with Gasteiger partial charge in [0.25, 0.3) is 5.91 Å². The molecule has 0 unspecified atom stereocenters. The van der Waals surface area contributed by atoms with Crippen LogP contribution in [-0.2, 0) is 10.0 Å². The van der Waals surface area contributed by atoms with Crippen molar-refractivity contribution in [1.29, 1.82) is 0 Å². The quantitative estimate of drug-likeness (QED) is 0.638. The summed E-state index contributed by atoms with van der Waals surface area (Å²) in [6.07, 6.45) is 2.94. The minimum absolute atomic E-state index is 0.00307. The summed E-state index contributed by atoms with van der Waals surface area (Å²) in [5.41, 5.74) is 1.07. The first-order valence-electron chi connectivity index (χ1n) is 7.97. The van der Waals surface area contributed by atoms with Gasteiger partial charge in [0, 0.05) is 23.7 Å². The van der Waals surface area contributed by atoms with Crippen LogP contribution in [0.3, 0.4) is 0 Å². The number of rotatable bonds is 6. The predicted octanol–water partition coefficient (Wildman–Crippen LogP) is 3.09. The number of pyridine rings is 1. The Bertz CT molecular complexity index is 1120. The number of para-hydroxylation sites is 1. The summed E-state index contributed by atoms with van der Waals surface area (Å²) >= 11 is 0. The second kappa shape index (κ2) is 7.65. The Balaban J connectivity index is 1.93. The zero-order valence-electron chi connectivity index (χ0n) is 14.1. The molecule has 1 heterocycles. The summed E-state index contributed by atoms with van der Waals surface area (Å²) in [5.74, 6) is -1.52. The van der Waals surface area contributed by atoms with Crippen molar-refractivity contribution < 1.29 is 17.6 Å². The number of anilines is 1. The Morgan fingerprint density at radius 2 is 1.96 bits per heavy atom. The summed E-state index contributed by atoms with van der Waals surface area (Å²) in [5, 5.41) is 3.53. The van der Waals surface area contributed by atoms with Crippen molar-refractivity contribution in [2.45, 2.75) is 4.90 Å². The molecule has 138 valence electrons. The molecule has 1 aromatic heterocycles. The zero-order valence-corrected chi connectivity index (χ0v) is 15.0. The van der Waals surface area contributed by atoms with E-state index in [0.717, 1.165) is 17.5 Å². The lowest BCUT2D eigenvalue weighted by atomic mass is 10.1. The van der Waals surface area contributed by atoms with Crippen LogP contribution in [0.15, 0.2) is 72.3 Å². The first-order chi connectivity index (χ1) is 12.9. The van der Waals surface area contributed by atoms with Crippen LogP contribution in [0.2, 0.25) is 0 Å². The van der Waals surface area contributed by atoms with Crippen LogP contribution in [0.4, 0.5) is 10.1 Å². The summed E-state index contributed by atoms with van der Waals surface area (Å²) in [6, 6.07) is 12.1. The van der Waals surface area contributed by atoms with E-state index >= 15 is 0 Å². The third-order valence-electron chi connectivity index (χ3n) is 3.78. The van der Waals surface area contributed by atoms with Crippen LogP contribution < -0.4 is 10.0 Å². The molecule has 3 rings (SSSR count). The number of halogens is 1. The van der Waals surface area contributed by atoms with Gasteiger partial charge < -0.3 is 5.32 Å². The van der Waals surface area contributed by atoms with E-state index in [4.69, 9.17) is 0 Å². The topological polar surface area (TPSA) is 88.2 Å². The van der Waals surface area contributed by atoms with Gasteiger partial charge >= 0.3 is 0 Å². The lowest BCUT2D eigenvalue weighted by molar-refractivity contribution is 0.102. The summed E-state index contributed by atoms with van der Waals surface area (Å²) < 4.78 is 40.5. The molecule has 8 heteroatoms. The predicted molar refractivity (Wildman–Crippen MR) is 101 cm³/mol. The second-order valence-corrected chi connectivity index (χ2v) is 7.36. The molecule has 0 atom stereocenters. The molecular weight excluding hydrogens is 369 g/mol. The minimum atomic E-state index is -4.11. The van der Waals surface area contributed by atoms with Crippen molar-refractivity contribution in [3.63, 3.8) is 0 Å². The molecule has 0 spiro atoms. The number of aromatic nitrogens is 1. The molecule has 27 heavy (non-hydrogen) atoms.